The van der Waals surface area contributed by atoms with Crippen molar-refractivity contribution in [2.45, 2.75) is 70.1 Å². The van der Waals surface area contributed by atoms with Crippen LogP contribution in [0.25, 0.3) is 43.8 Å². The molecular weight excluding hydrogens is 577 g/mol. The average Bonchev–Trinajstić information content (AvgIpc) is 3.08. The van der Waals surface area contributed by atoms with E-state index in [1.54, 1.807) is 11.0 Å². The summed E-state index contributed by atoms with van der Waals surface area (Å²) >= 11 is 0. The van der Waals surface area contributed by atoms with Crippen LogP contribution in [-0.4, -0.2) is 6.71 Å². The van der Waals surface area contributed by atoms with Gasteiger partial charge < -0.3 is 4.90 Å². The van der Waals surface area contributed by atoms with Crippen molar-refractivity contribution in [3.8, 4) is 22.3 Å². The fraction of sp³-hybridized carbons (Fsp3) is 0.304. The van der Waals surface area contributed by atoms with Gasteiger partial charge in [-0.3, -0.25) is 0 Å². The van der Waals surface area contributed by atoms with E-state index in [4.69, 9.17) is 0 Å². The van der Waals surface area contributed by atoms with E-state index in [-0.39, 0.29) is 12.1 Å². The fourth-order valence-electron chi connectivity index (χ4n) is 12.3. The molecule has 13 rings (SSSR count). The number of rotatable bonds is 2. The summed E-state index contributed by atoms with van der Waals surface area (Å²) in [6.45, 7) is 7.16. The molecule has 6 aromatic rings. The van der Waals surface area contributed by atoms with Crippen molar-refractivity contribution >= 4 is 61.7 Å². The van der Waals surface area contributed by atoms with Crippen molar-refractivity contribution in [2.24, 2.45) is 17.8 Å². The number of nitrogens with zero attached hydrogens (tertiary/aromatic N) is 1. The van der Waals surface area contributed by atoms with Gasteiger partial charge in [-0.1, -0.05) is 99.0 Å². The summed E-state index contributed by atoms with van der Waals surface area (Å²) in [6, 6.07) is 38.7. The molecule has 2 heteroatoms. The summed E-state index contributed by atoms with van der Waals surface area (Å²) in [4.78, 5) is 2.58. The molecule has 0 radical (unpaired) electrons. The summed E-state index contributed by atoms with van der Waals surface area (Å²) in [5.74, 6) is 2.80. The van der Waals surface area contributed by atoms with Gasteiger partial charge >= 0.3 is 0 Å². The van der Waals surface area contributed by atoms with Crippen LogP contribution < -0.4 is 21.3 Å². The molecule has 0 N–H and O–H groups in total. The number of hydrogen-bond donors (Lipinski definition) is 0. The minimum atomic E-state index is 0.119. The van der Waals surface area contributed by atoms with E-state index in [1.807, 2.05) is 0 Å². The topological polar surface area (TPSA) is 3.24 Å². The molecule has 0 atom stereocenters. The van der Waals surface area contributed by atoms with Crippen molar-refractivity contribution in [1.82, 2.24) is 0 Å². The van der Waals surface area contributed by atoms with Gasteiger partial charge in [0.15, 0.2) is 0 Å². The van der Waals surface area contributed by atoms with Crippen LogP contribution in [0.4, 0.5) is 17.1 Å². The number of hydrogen-bond acceptors (Lipinski definition) is 1. The van der Waals surface area contributed by atoms with Crippen molar-refractivity contribution in [3.63, 3.8) is 0 Å². The Bertz CT molecular complexity index is 2270. The van der Waals surface area contributed by atoms with E-state index in [9.17, 15) is 0 Å². The molecule has 0 saturated heterocycles. The van der Waals surface area contributed by atoms with Gasteiger partial charge in [0, 0.05) is 17.1 Å². The van der Waals surface area contributed by atoms with Crippen LogP contribution in [0.1, 0.15) is 70.4 Å². The molecule has 4 bridgehead atoms. The second-order valence-electron chi connectivity index (χ2n) is 17.6. The third-order valence-corrected chi connectivity index (χ3v) is 13.9. The molecule has 48 heavy (non-hydrogen) atoms. The first-order valence-corrected chi connectivity index (χ1v) is 18.6. The Hall–Kier alpha value is -4.30. The number of fused-ring (bicyclic) bond motifs is 2. The van der Waals surface area contributed by atoms with E-state index < -0.39 is 0 Å². The molecule has 232 valence electrons. The normalized spacial score (nSPS) is 25.1. The minimum absolute atomic E-state index is 0.119. The largest absolute Gasteiger partial charge is 0.311 e. The second kappa shape index (κ2) is 8.64. The molecule has 7 aliphatic rings. The van der Waals surface area contributed by atoms with Gasteiger partial charge in [0.05, 0.1) is 0 Å². The van der Waals surface area contributed by atoms with E-state index in [0.29, 0.717) is 5.41 Å². The molecule has 4 fully saturated rings. The number of benzene rings is 6. The Balaban J connectivity index is 1.19. The van der Waals surface area contributed by atoms with Crippen LogP contribution in [0, 0.1) is 17.8 Å². The zero-order valence-electron chi connectivity index (χ0n) is 28.2. The zero-order chi connectivity index (χ0) is 31.7. The Morgan fingerprint density at radius 1 is 0.583 bits per heavy atom. The zero-order valence-corrected chi connectivity index (χ0v) is 28.2. The van der Waals surface area contributed by atoms with Gasteiger partial charge in [0.25, 0.3) is 0 Å². The molecule has 6 aromatic carbocycles. The first-order chi connectivity index (χ1) is 23.3. The fourth-order valence-corrected chi connectivity index (χ4v) is 12.3. The molecule has 0 unspecified atom stereocenters. The maximum absolute atomic E-state index is 2.72. The lowest BCUT2D eigenvalue weighted by atomic mass is 9.29. The van der Waals surface area contributed by atoms with Gasteiger partial charge in [-0.05, 0) is 157 Å². The Labute approximate surface area is 284 Å². The van der Waals surface area contributed by atoms with Crippen molar-refractivity contribution in [2.75, 3.05) is 4.90 Å². The van der Waals surface area contributed by atoms with Crippen molar-refractivity contribution in [3.05, 3.63) is 108 Å². The predicted molar refractivity (Wildman–Crippen MR) is 204 cm³/mol. The predicted octanol–water partition coefficient (Wildman–Crippen LogP) is 10.0. The minimum Gasteiger partial charge on any atom is -0.311 e. The number of anilines is 3. The molecule has 1 nitrogen and oxygen atoms in total. The second-order valence-corrected chi connectivity index (χ2v) is 17.6. The highest BCUT2D eigenvalue weighted by molar-refractivity contribution is 7.03. The summed E-state index contributed by atoms with van der Waals surface area (Å²) in [5, 5.41) is 5.69. The maximum atomic E-state index is 2.72. The Morgan fingerprint density at radius 3 is 1.60 bits per heavy atom. The van der Waals surface area contributed by atoms with E-state index in [1.165, 1.54) is 116 Å². The first kappa shape index (κ1) is 26.6. The standard InChI is InChI=1S/C46H40BN/c1-45(2,3)31-12-14-33(15-13-31)48-38-16-10-29-6-4-8-34-36-21-32(46-23-26-18-27(24-46)20-28(19-26)25-46)22-37-35-9-5-7-30-11-17-39(48)44(41(30)35)47(42(36)37)43(38)40(29)34/h4-17,21-22,26-28H,18-20,23-25H2,1-3H3. The van der Waals surface area contributed by atoms with E-state index >= 15 is 0 Å². The highest BCUT2D eigenvalue weighted by Crippen LogP contribution is 2.61. The lowest BCUT2D eigenvalue weighted by Gasteiger charge is -2.57. The third-order valence-electron chi connectivity index (χ3n) is 13.9. The first-order valence-electron chi connectivity index (χ1n) is 18.6. The van der Waals surface area contributed by atoms with Crippen LogP contribution in [0.3, 0.4) is 0 Å². The average molecular weight is 618 g/mol. The molecule has 4 saturated carbocycles. The van der Waals surface area contributed by atoms with Crippen molar-refractivity contribution in [1.29, 1.82) is 0 Å². The van der Waals surface area contributed by atoms with Crippen LogP contribution in [0.15, 0.2) is 97.1 Å². The van der Waals surface area contributed by atoms with Gasteiger partial charge in [-0.25, -0.2) is 0 Å². The molecule has 0 amide bonds. The van der Waals surface area contributed by atoms with E-state index in [0.717, 1.165) is 17.8 Å². The summed E-state index contributed by atoms with van der Waals surface area (Å²) < 4.78 is 0. The smallest absolute Gasteiger partial charge is 0.249 e. The molecular formula is C46H40BN. The van der Waals surface area contributed by atoms with Gasteiger partial charge in [-0.15, -0.1) is 0 Å². The molecule has 3 heterocycles. The quantitative estimate of drug-likeness (QED) is 0.175. The Morgan fingerprint density at radius 2 is 1.10 bits per heavy atom. The van der Waals surface area contributed by atoms with E-state index in [2.05, 4.69) is 123 Å². The van der Waals surface area contributed by atoms with Crippen LogP contribution >= 0.6 is 0 Å². The Kier molecular flexibility index (Phi) is 4.80. The SMILES string of the molecule is CC(C)(C)c1ccc(N2c3ccc4cccc5c4c3B3c4c-5cc(C56CC7CC(CC(C7)C5)C6)cc4-c4cccc5ccc2c3c45)cc1. The molecule has 0 aromatic heterocycles. The molecule has 0 spiro atoms. The lowest BCUT2D eigenvalue weighted by Crippen LogP contribution is -2.61. The maximum Gasteiger partial charge on any atom is 0.249 e. The highest BCUT2D eigenvalue weighted by atomic mass is 15.1. The summed E-state index contributed by atoms with van der Waals surface area (Å²) in [7, 11) is 0. The van der Waals surface area contributed by atoms with Gasteiger partial charge in [0.2, 0.25) is 6.71 Å². The monoisotopic (exact) mass is 617 g/mol. The van der Waals surface area contributed by atoms with Crippen LogP contribution in [0.5, 0.6) is 0 Å². The molecule has 4 aliphatic carbocycles. The summed E-state index contributed by atoms with van der Waals surface area (Å²) in [5.41, 5.74) is 17.9. The lowest BCUT2D eigenvalue weighted by molar-refractivity contribution is -0.00514. The third kappa shape index (κ3) is 3.21. The van der Waals surface area contributed by atoms with Crippen LogP contribution in [-0.2, 0) is 10.8 Å². The van der Waals surface area contributed by atoms with Crippen LogP contribution in [0.2, 0.25) is 0 Å². The van der Waals surface area contributed by atoms with Crippen molar-refractivity contribution < 1.29 is 0 Å². The highest BCUT2D eigenvalue weighted by Gasteiger charge is 2.53. The van der Waals surface area contributed by atoms with Gasteiger partial charge in [-0.2, -0.15) is 0 Å². The summed E-state index contributed by atoms with van der Waals surface area (Å²) in [6.07, 6.45) is 8.66. The molecule has 3 aliphatic heterocycles. The van der Waals surface area contributed by atoms with Gasteiger partial charge in [0.1, 0.15) is 0 Å².